The second-order valence-corrected chi connectivity index (χ2v) is 3.04. The Hall–Kier alpha value is -1.99. The molecule has 0 atom stereocenters. The minimum atomic E-state index is -1.83. The maximum absolute atomic E-state index is 9.21. The maximum Gasteiger partial charge on any atom is 0.516 e. The first-order chi connectivity index (χ1) is 7.86. The Morgan fingerprint density at radius 2 is 0.824 bits per heavy atom. The Kier molecular flexibility index (Phi) is 12.4. The van der Waals surface area contributed by atoms with Gasteiger partial charge in [-0.3, -0.25) is 0 Å². The van der Waals surface area contributed by atoms with Crippen LogP contribution in [0.3, 0.4) is 0 Å². The van der Waals surface area contributed by atoms with E-state index in [1.807, 2.05) is 0 Å². The van der Waals surface area contributed by atoms with Crippen molar-refractivity contribution in [1.29, 1.82) is 0 Å². The van der Waals surface area contributed by atoms with E-state index in [1.165, 1.54) is 38.5 Å². The molecular weight excluding hydrogens is 236 g/mol. The van der Waals surface area contributed by atoms with Crippen molar-refractivity contribution in [2.75, 3.05) is 0 Å². The molecule has 100 valence electrons. The fraction of sp³-hybridized carbons (Fsp3) is 0.667. The average molecular weight is 252 g/mol. The van der Waals surface area contributed by atoms with Crippen molar-refractivity contribution in [2.45, 2.75) is 38.5 Å². The number of hydrogen-bond donors (Lipinski definition) is 4. The predicted molar refractivity (Wildman–Crippen MR) is 55.5 cm³/mol. The van der Waals surface area contributed by atoms with Crippen LogP contribution in [-0.4, -0.2) is 38.9 Å². The third-order valence-corrected chi connectivity index (χ3v) is 1.67. The molecule has 0 unspecified atom stereocenters. The summed E-state index contributed by atoms with van der Waals surface area (Å²) in [5.74, 6) is 0. The fourth-order valence-corrected chi connectivity index (χ4v) is 1.14. The minimum Gasteiger partial charge on any atom is -0.450 e. The van der Waals surface area contributed by atoms with Crippen LogP contribution < -0.4 is 0 Å². The summed E-state index contributed by atoms with van der Waals surface area (Å²) in [6, 6.07) is 0. The standard InChI is InChI=1S/C6H12.C2H2O5.CH2O3/c1-2-4-6-5-3-1;3-1(4)7-2(5)6;2-1(3)4/h1-6H2;(H,3,4)(H,5,6);(H2,2,3,4). The highest BCUT2D eigenvalue weighted by molar-refractivity contribution is 5.74. The largest absolute Gasteiger partial charge is 0.516 e. The SMILES string of the molecule is C1CCCCC1.O=C(O)O.O=C(O)OC(=O)O. The summed E-state index contributed by atoms with van der Waals surface area (Å²) in [6.45, 7) is 0. The van der Waals surface area contributed by atoms with E-state index in [-0.39, 0.29) is 0 Å². The van der Waals surface area contributed by atoms with Gasteiger partial charge >= 0.3 is 18.5 Å². The van der Waals surface area contributed by atoms with Gasteiger partial charge in [-0.05, 0) is 0 Å². The highest BCUT2D eigenvalue weighted by atomic mass is 16.7. The van der Waals surface area contributed by atoms with Crippen LogP contribution in [0.15, 0.2) is 0 Å². The highest BCUT2D eigenvalue weighted by Crippen LogP contribution is 2.15. The van der Waals surface area contributed by atoms with Crippen molar-refractivity contribution in [2.24, 2.45) is 0 Å². The summed E-state index contributed by atoms with van der Waals surface area (Å²) < 4.78 is 3.08. The van der Waals surface area contributed by atoms with Gasteiger partial charge in [0.25, 0.3) is 0 Å². The van der Waals surface area contributed by atoms with Gasteiger partial charge in [-0.15, -0.1) is 0 Å². The van der Waals surface area contributed by atoms with Crippen LogP contribution in [0.1, 0.15) is 38.5 Å². The van der Waals surface area contributed by atoms with Gasteiger partial charge in [-0.25, -0.2) is 14.4 Å². The Morgan fingerprint density at radius 3 is 0.882 bits per heavy atom. The number of carboxylic acid groups (broad SMARTS) is 4. The van der Waals surface area contributed by atoms with Crippen LogP contribution in [0.25, 0.3) is 0 Å². The lowest BCUT2D eigenvalue weighted by molar-refractivity contribution is 0.0801. The first kappa shape index (κ1) is 17.4. The molecule has 1 saturated carbocycles. The van der Waals surface area contributed by atoms with E-state index in [0.29, 0.717) is 0 Å². The van der Waals surface area contributed by atoms with Crippen molar-refractivity contribution in [3.63, 3.8) is 0 Å². The van der Waals surface area contributed by atoms with Gasteiger partial charge in [0.15, 0.2) is 0 Å². The fourth-order valence-electron chi connectivity index (χ4n) is 1.14. The lowest BCUT2D eigenvalue weighted by atomic mass is 10.0. The molecule has 1 fully saturated rings. The first-order valence-corrected chi connectivity index (χ1v) is 4.92. The van der Waals surface area contributed by atoms with Gasteiger partial charge in [-0.1, -0.05) is 38.5 Å². The van der Waals surface area contributed by atoms with E-state index in [2.05, 4.69) is 4.74 Å². The van der Waals surface area contributed by atoms with Crippen molar-refractivity contribution in [1.82, 2.24) is 0 Å². The van der Waals surface area contributed by atoms with Crippen molar-refractivity contribution < 1.29 is 39.5 Å². The molecule has 0 spiro atoms. The molecule has 0 aromatic heterocycles. The van der Waals surface area contributed by atoms with E-state index < -0.39 is 18.5 Å². The molecule has 17 heavy (non-hydrogen) atoms. The number of carbonyl (C=O) groups is 3. The maximum atomic E-state index is 9.21. The minimum absolute atomic E-state index is 1.50. The van der Waals surface area contributed by atoms with E-state index in [0.717, 1.165) is 0 Å². The molecule has 0 aromatic carbocycles. The number of rotatable bonds is 0. The van der Waals surface area contributed by atoms with Crippen LogP contribution in [0.4, 0.5) is 14.4 Å². The zero-order valence-corrected chi connectivity index (χ0v) is 9.16. The van der Waals surface area contributed by atoms with Gasteiger partial charge < -0.3 is 25.2 Å². The Labute approximate surface area is 97.4 Å². The van der Waals surface area contributed by atoms with E-state index in [4.69, 9.17) is 25.2 Å². The zero-order valence-electron chi connectivity index (χ0n) is 9.16. The number of ether oxygens (including phenoxy) is 1. The first-order valence-electron chi connectivity index (χ1n) is 4.92. The summed E-state index contributed by atoms with van der Waals surface area (Å²) in [5, 5.41) is 28.9. The Bertz CT molecular complexity index is 206. The van der Waals surface area contributed by atoms with Gasteiger partial charge in [0.1, 0.15) is 0 Å². The van der Waals surface area contributed by atoms with E-state index >= 15 is 0 Å². The topological polar surface area (TPSA) is 141 Å². The van der Waals surface area contributed by atoms with Crippen LogP contribution in [0.5, 0.6) is 0 Å². The molecule has 0 saturated heterocycles. The van der Waals surface area contributed by atoms with Gasteiger partial charge in [-0.2, -0.15) is 0 Å². The summed E-state index contributed by atoms with van der Waals surface area (Å²) in [4.78, 5) is 27.0. The molecule has 8 nitrogen and oxygen atoms in total. The Morgan fingerprint density at radius 1 is 0.647 bits per heavy atom. The highest BCUT2D eigenvalue weighted by Gasteiger charge is 2.01. The van der Waals surface area contributed by atoms with Crippen molar-refractivity contribution >= 4 is 18.5 Å². The van der Waals surface area contributed by atoms with Gasteiger partial charge in [0.2, 0.25) is 0 Å². The second-order valence-electron chi connectivity index (χ2n) is 3.04. The monoisotopic (exact) mass is 252 g/mol. The lowest BCUT2D eigenvalue weighted by Gasteiger charge is -2.05. The molecule has 0 aromatic rings. The molecule has 0 heterocycles. The summed E-state index contributed by atoms with van der Waals surface area (Å²) in [5.41, 5.74) is 0. The molecule has 4 N–H and O–H groups in total. The predicted octanol–water partition coefficient (Wildman–Crippen LogP) is 2.92. The third-order valence-electron chi connectivity index (χ3n) is 1.67. The van der Waals surface area contributed by atoms with Crippen molar-refractivity contribution in [3.05, 3.63) is 0 Å². The molecule has 1 rings (SSSR count). The van der Waals surface area contributed by atoms with Crippen LogP contribution in [0.2, 0.25) is 0 Å². The summed E-state index contributed by atoms with van der Waals surface area (Å²) >= 11 is 0. The lowest BCUT2D eigenvalue weighted by Crippen LogP contribution is -2.05. The number of hydrogen-bond acceptors (Lipinski definition) is 4. The van der Waals surface area contributed by atoms with Gasteiger partial charge in [0, 0.05) is 0 Å². The third kappa shape index (κ3) is 31.5. The molecule has 1 aliphatic rings. The van der Waals surface area contributed by atoms with Gasteiger partial charge in [0.05, 0.1) is 0 Å². The molecular formula is C9H16O8. The molecule has 0 radical (unpaired) electrons. The summed E-state index contributed by atoms with van der Waals surface area (Å²) in [7, 11) is 0. The van der Waals surface area contributed by atoms with Crippen LogP contribution in [-0.2, 0) is 4.74 Å². The molecule has 1 aliphatic carbocycles. The molecule has 0 bridgehead atoms. The van der Waals surface area contributed by atoms with Crippen LogP contribution >= 0.6 is 0 Å². The second kappa shape index (κ2) is 12.1. The summed E-state index contributed by atoms with van der Waals surface area (Å²) in [6.07, 6.45) is 3.54. The van der Waals surface area contributed by atoms with E-state index in [1.54, 1.807) is 0 Å². The molecule has 8 heteroatoms. The quantitative estimate of drug-likeness (QED) is 0.380. The zero-order chi connectivity index (χ0) is 13.7. The average Bonchev–Trinajstić information content (AvgIpc) is 2.18. The molecule has 0 amide bonds. The van der Waals surface area contributed by atoms with Crippen LogP contribution in [0, 0.1) is 0 Å². The smallest absolute Gasteiger partial charge is 0.450 e. The van der Waals surface area contributed by atoms with Crippen molar-refractivity contribution in [3.8, 4) is 0 Å². The molecule has 0 aliphatic heterocycles. The Balaban J connectivity index is 0. The normalized spacial score (nSPS) is 12.9. The van der Waals surface area contributed by atoms with E-state index in [9.17, 15) is 9.59 Å².